The normalized spacial score (nSPS) is 13.8. The Balaban J connectivity index is 2.33. The topological polar surface area (TPSA) is 85.2 Å². The van der Waals surface area contributed by atoms with Crippen LogP contribution in [0.1, 0.15) is 17.3 Å². The van der Waals surface area contributed by atoms with Crippen LogP contribution in [-0.4, -0.2) is 17.5 Å². The summed E-state index contributed by atoms with van der Waals surface area (Å²) in [7, 11) is -3.56. The first-order valence-corrected chi connectivity index (χ1v) is 9.39. The SMILES string of the molecule is CCOP(=O)(c1cc(Cl)ccc1C(N)=O)c1c[nH]c2ccccc12. The van der Waals surface area contributed by atoms with Crippen LogP contribution in [0.15, 0.2) is 48.7 Å². The van der Waals surface area contributed by atoms with E-state index in [1.165, 1.54) is 18.2 Å². The predicted molar refractivity (Wildman–Crippen MR) is 96.8 cm³/mol. The summed E-state index contributed by atoms with van der Waals surface area (Å²) in [6.45, 7) is 1.96. The molecule has 0 aliphatic rings. The number of aromatic nitrogens is 1. The highest BCUT2D eigenvalue weighted by atomic mass is 35.5. The van der Waals surface area contributed by atoms with Gasteiger partial charge < -0.3 is 15.2 Å². The molecule has 1 unspecified atom stereocenters. The summed E-state index contributed by atoms with van der Waals surface area (Å²) in [5.41, 5.74) is 6.43. The van der Waals surface area contributed by atoms with Crippen molar-refractivity contribution in [2.45, 2.75) is 6.92 Å². The molecular weight excluding hydrogens is 347 g/mol. The summed E-state index contributed by atoms with van der Waals surface area (Å²) in [5, 5.41) is 1.83. The zero-order valence-corrected chi connectivity index (χ0v) is 14.6. The Labute approximate surface area is 144 Å². The van der Waals surface area contributed by atoms with Gasteiger partial charge in [-0.05, 0) is 31.2 Å². The van der Waals surface area contributed by atoms with Crippen LogP contribution in [0.3, 0.4) is 0 Å². The number of aromatic amines is 1. The number of carbonyl (C=O) groups is 1. The number of fused-ring (bicyclic) bond motifs is 1. The monoisotopic (exact) mass is 362 g/mol. The van der Waals surface area contributed by atoms with Crippen molar-refractivity contribution in [1.82, 2.24) is 4.98 Å². The van der Waals surface area contributed by atoms with Gasteiger partial charge in [0.15, 0.2) is 0 Å². The van der Waals surface area contributed by atoms with Crippen LogP contribution in [0.4, 0.5) is 0 Å². The summed E-state index contributed by atoms with van der Waals surface area (Å²) in [6, 6.07) is 12.0. The number of halogens is 1. The van der Waals surface area contributed by atoms with Gasteiger partial charge in [-0.1, -0.05) is 29.8 Å². The minimum absolute atomic E-state index is 0.140. The zero-order valence-electron chi connectivity index (χ0n) is 13.0. The van der Waals surface area contributed by atoms with E-state index in [9.17, 15) is 9.36 Å². The molecule has 1 aromatic heterocycles. The molecule has 0 spiro atoms. The molecule has 1 atom stereocenters. The minimum atomic E-state index is -3.56. The molecule has 5 nitrogen and oxygen atoms in total. The van der Waals surface area contributed by atoms with Crippen molar-refractivity contribution in [3.05, 3.63) is 59.2 Å². The average Bonchev–Trinajstić information content (AvgIpc) is 2.99. The Bertz CT molecular complexity index is 967. The predicted octanol–water partition coefficient (Wildman–Crippen LogP) is 3.19. The third-order valence-corrected chi connectivity index (χ3v) is 6.60. The second-order valence-corrected chi connectivity index (χ2v) is 7.98. The van der Waals surface area contributed by atoms with Gasteiger partial charge in [0.2, 0.25) is 5.91 Å². The molecule has 0 fully saturated rings. The molecule has 0 aliphatic heterocycles. The summed E-state index contributed by atoms with van der Waals surface area (Å²) >= 11 is 6.07. The Morgan fingerprint density at radius 1 is 1.25 bits per heavy atom. The lowest BCUT2D eigenvalue weighted by Gasteiger charge is -2.20. The molecule has 1 amide bonds. The average molecular weight is 363 g/mol. The van der Waals surface area contributed by atoms with Gasteiger partial charge in [0.25, 0.3) is 7.37 Å². The highest BCUT2D eigenvalue weighted by Gasteiger charge is 2.34. The van der Waals surface area contributed by atoms with Crippen molar-refractivity contribution in [1.29, 1.82) is 0 Å². The fraction of sp³-hybridized carbons (Fsp3) is 0.118. The number of H-pyrrole nitrogens is 1. The molecule has 3 N–H and O–H groups in total. The Morgan fingerprint density at radius 3 is 2.71 bits per heavy atom. The lowest BCUT2D eigenvalue weighted by Crippen LogP contribution is -2.27. The van der Waals surface area contributed by atoms with Gasteiger partial charge in [0, 0.05) is 22.1 Å². The number of nitrogens with one attached hydrogen (secondary N) is 1. The van der Waals surface area contributed by atoms with E-state index in [-0.39, 0.29) is 17.5 Å². The highest BCUT2D eigenvalue weighted by molar-refractivity contribution is 7.75. The van der Waals surface area contributed by atoms with Crippen molar-refractivity contribution in [2.75, 3.05) is 6.61 Å². The van der Waals surface area contributed by atoms with Gasteiger partial charge in [-0.15, -0.1) is 0 Å². The fourth-order valence-electron chi connectivity index (χ4n) is 2.71. The van der Waals surface area contributed by atoms with Gasteiger partial charge in [-0.2, -0.15) is 0 Å². The van der Waals surface area contributed by atoms with Gasteiger partial charge in [0.05, 0.1) is 22.8 Å². The summed E-state index contributed by atoms with van der Waals surface area (Å²) in [4.78, 5) is 14.9. The maximum atomic E-state index is 13.9. The van der Waals surface area contributed by atoms with Crippen LogP contribution in [-0.2, 0) is 9.09 Å². The molecule has 124 valence electrons. The Kier molecular flexibility index (Phi) is 4.50. The van der Waals surface area contributed by atoms with Crippen molar-refractivity contribution in [2.24, 2.45) is 5.73 Å². The summed E-state index contributed by atoms with van der Waals surface area (Å²) < 4.78 is 19.5. The number of benzene rings is 2. The molecular formula is C17H16ClN2O3P. The standard InChI is InChI=1S/C17H16ClN2O3P/c1-2-23-24(22,15-9-11(18)7-8-13(15)17(19)21)16-10-20-14-6-4-3-5-12(14)16/h3-10,20H,2H2,1H3,(H2,19,21). The van der Waals surface area contributed by atoms with Crippen LogP contribution in [0.2, 0.25) is 5.02 Å². The first-order valence-electron chi connectivity index (χ1n) is 7.38. The van der Waals surface area contributed by atoms with Gasteiger partial charge >= 0.3 is 0 Å². The van der Waals surface area contributed by atoms with Crippen LogP contribution in [0.25, 0.3) is 10.9 Å². The second kappa shape index (κ2) is 6.44. The first-order chi connectivity index (χ1) is 11.5. The number of nitrogens with two attached hydrogens (primary N) is 1. The van der Waals surface area contributed by atoms with Gasteiger partial charge in [-0.25, -0.2) is 0 Å². The van der Waals surface area contributed by atoms with Crippen molar-refractivity contribution in [3.63, 3.8) is 0 Å². The molecule has 3 aromatic rings. The van der Waals surface area contributed by atoms with E-state index in [4.69, 9.17) is 21.9 Å². The number of rotatable bonds is 5. The molecule has 7 heteroatoms. The molecule has 24 heavy (non-hydrogen) atoms. The van der Waals surface area contributed by atoms with E-state index in [2.05, 4.69) is 4.98 Å². The smallest absolute Gasteiger partial charge is 0.264 e. The number of hydrogen-bond acceptors (Lipinski definition) is 3. The van der Waals surface area contributed by atoms with Crippen LogP contribution in [0, 0.1) is 0 Å². The molecule has 0 saturated carbocycles. The largest absolute Gasteiger partial charge is 0.366 e. The number of hydrogen-bond donors (Lipinski definition) is 2. The first kappa shape index (κ1) is 16.8. The van der Waals surface area contributed by atoms with E-state index < -0.39 is 13.3 Å². The number of primary amides is 1. The van der Waals surface area contributed by atoms with Crippen molar-refractivity contribution in [3.8, 4) is 0 Å². The molecule has 2 aromatic carbocycles. The lowest BCUT2D eigenvalue weighted by molar-refractivity contribution is 0.100. The summed E-state index contributed by atoms with van der Waals surface area (Å²) in [5.74, 6) is -0.679. The Hall–Kier alpha value is -2.07. The number of amides is 1. The molecule has 0 saturated heterocycles. The molecule has 3 rings (SSSR count). The quantitative estimate of drug-likeness (QED) is 0.683. The second-order valence-electron chi connectivity index (χ2n) is 5.21. The highest BCUT2D eigenvalue weighted by Crippen LogP contribution is 2.47. The Morgan fingerprint density at radius 2 is 2.00 bits per heavy atom. The maximum absolute atomic E-state index is 13.9. The molecule has 0 aliphatic carbocycles. The lowest BCUT2D eigenvalue weighted by atomic mass is 10.2. The van der Waals surface area contributed by atoms with Gasteiger partial charge in [0.1, 0.15) is 0 Å². The number of para-hydroxylation sites is 1. The molecule has 0 bridgehead atoms. The molecule has 1 heterocycles. The van der Waals surface area contributed by atoms with Crippen LogP contribution in [0.5, 0.6) is 0 Å². The summed E-state index contributed by atoms with van der Waals surface area (Å²) in [6.07, 6.45) is 1.65. The number of carbonyl (C=O) groups excluding carboxylic acids is 1. The maximum Gasteiger partial charge on any atom is 0.264 e. The van der Waals surface area contributed by atoms with E-state index in [1.807, 2.05) is 24.3 Å². The minimum Gasteiger partial charge on any atom is -0.366 e. The van der Waals surface area contributed by atoms with Crippen LogP contribution < -0.4 is 16.3 Å². The van der Waals surface area contributed by atoms with Crippen molar-refractivity contribution < 1.29 is 13.9 Å². The van der Waals surface area contributed by atoms with E-state index in [0.717, 1.165) is 10.9 Å². The van der Waals surface area contributed by atoms with Gasteiger partial charge in [-0.3, -0.25) is 9.36 Å². The third kappa shape index (κ3) is 2.75. The van der Waals surface area contributed by atoms with E-state index in [0.29, 0.717) is 10.3 Å². The fourth-order valence-corrected chi connectivity index (χ4v) is 5.41. The van der Waals surface area contributed by atoms with Crippen molar-refractivity contribution >= 4 is 46.4 Å². The zero-order chi connectivity index (χ0) is 17.3. The van der Waals surface area contributed by atoms with E-state index in [1.54, 1.807) is 13.1 Å². The molecule has 0 radical (unpaired) electrons. The third-order valence-electron chi connectivity index (χ3n) is 3.74. The van der Waals surface area contributed by atoms with Crippen LogP contribution >= 0.6 is 19.0 Å². The van der Waals surface area contributed by atoms with E-state index >= 15 is 0 Å².